The van der Waals surface area contributed by atoms with Crippen molar-refractivity contribution >= 4 is 58.0 Å². The summed E-state index contributed by atoms with van der Waals surface area (Å²) < 4.78 is 0. The van der Waals surface area contributed by atoms with Gasteiger partial charge in [-0.1, -0.05) is 40.9 Å². The molecule has 2 aromatic carbocycles. The standard InChI is InChI=1S/C14H9Cl3N2O2/c15-8-4-6-9(7-5-8)18-13(20)14(21)19-12-10(16)2-1-3-11(12)17/h1-7H,(H,18,20)(H,19,21). The van der Waals surface area contributed by atoms with Crippen molar-refractivity contribution in [3.8, 4) is 0 Å². The van der Waals surface area contributed by atoms with E-state index in [0.717, 1.165) is 0 Å². The normalized spacial score (nSPS) is 10.0. The zero-order valence-corrected chi connectivity index (χ0v) is 12.8. The first-order chi connectivity index (χ1) is 9.97. The second-order valence-corrected chi connectivity index (χ2v) is 5.26. The van der Waals surface area contributed by atoms with Crippen LogP contribution < -0.4 is 10.6 Å². The van der Waals surface area contributed by atoms with Gasteiger partial charge in [-0.15, -0.1) is 0 Å². The SMILES string of the molecule is O=C(Nc1ccc(Cl)cc1)C(=O)Nc1c(Cl)cccc1Cl. The lowest BCUT2D eigenvalue weighted by Crippen LogP contribution is -2.29. The number of hydrogen-bond donors (Lipinski definition) is 2. The summed E-state index contributed by atoms with van der Waals surface area (Å²) in [5, 5.41) is 5.82. The Morgan fingerprint density at radius 3 is 1.86 bits per heavy atom. The van der Waals surface area contributed by atoms with Gasteiger partial charge in [-0.3, -0.25) is 9.59 Å². The van der Waals surface area contributed by atoms with E-state index in [-0.39, 0.29) is 15.7 Å². The minimum atomic E-state index is -0.875. The predicted molar refractivity (Wildman–Crippen MR) is 85.2 cm³/mol. The summed E-state index contributed by atoms with van der Waals surface area (Å²) in [5.74, 6) is -1.71. The summed E-state index contributed by atoms with van der Waals surface area (Å²) in [6.07, 6.45) is 0. The largest absolute Gasteiger partial charge is 0.318 e. The van der Waals surface area contributed by atoms with E-state index in [1.165, 1.54) is 0 Å². The molecule has 0 atom stereocenters. The van der Waals surface area contributed by atoms with Gasteiger partial charge in [-0.25, -0.2) is 0 Å². The number of hydrogen-bond acceptors (Lipinski definition) is 2. The molecule has 0 bridgehead atoms. The number of nitrogens with one attached hydrogen (secondary N) is 2. The van der Waals surface area contributed by atoms with Crippen molar-refractivity contribution in [2.75, 3.05) is 10.6 Å². The highest BCUT2D eigenvalue weighted by molar-refractivity contribution is 6.46. The van der Waals surface area contributed by atoms with E-state index < -0.39 is 11.8 Å². The second-order valence-electron chi connectivity index (χ2n) is 4.01. The highest BCUT2D eigenvalue weighted by Crippen LogP contribution is 2.29. The zero-order valence-electron chi connectivity index (χ0n) is 10.5. The number of carbonyl (C=O) groups is 2. The van der Waals surface area contributed by atoms with Gasteiger partial charge in [0.2, 0.25) is 0 Å². The van der Waals surface area contributed by atoms with Crippen molar-refractivity contribution in [1.29, 1.82) is 0 Å². The maximum atomic E-state index is 11.8. The highest BCUT2D eigenvalue weighted by atomic mass is 35.5. The predicted octanol–water partition coefficient (Wildman–Crippen LogP) is 4.22. The minimum Gasteiger partial charge on any atom is -0.318 e. The molecule has 2 N–H and O–H groups in total. The number of para-hydroxylation sites is 1. The van der Waals surface area contributed by atoms with Gasteiger partial charge in [0.1, 0.15) is 0 Å². The molecule has 2 amide bonds. The van der Waals surface area contributed by atoms with Crippen molar-refractivity contribution in [3.05, 3.63) is 57.5 Å². The number of benzene rings is 2. The molecule has 0 unspecified atom stereocenters. The van der Waals surface area contributed by atoms with Gasteiger partial charge in [0.15, 0.2) is 0 Å². The van der Waals surface area contributed by atoms with Gasteiger partial charge in [-0.2, -0.15) is 0 Å². The van der Waals surface area contributed by atoms with Crippen molar-refractivity contribution in [3.63, 3.8) is 0 Å². The molecule has 0 fully saturated rings. The smallest absolute Gasteiger partial charge is 0.314 e. The summed E-state index contributed by atoms with van der Waals surface area (Å²) in [4.78, 5) is 23.6. The van der Waals surface area contributed by atoms with E-state index in [9.17, 15) is 9.59 Å². The Morgan fingerprint density at radius 2 is 1.29 bits per heavy atom. The van der Waals surface area contributed by atoms with E-state index in [1.807, 2.05) is 0 Å². The van der Waals surface area contributed by atoms with Crippen molar-refractivity contribution in [2.45, 2.75) is 0 Å². The highest BCUT2D eigenvalue weighted by Gasteiger charge is 2.17. The Kier molecular flexibility index (Phi) is 5.07. The molecule has 0 saturated heterocycles. The first-order valence-electron chi connectivity index (χ1n) is 5.79. The number of carbonyl (C=O) groups excluding carboxylic acids is 2. The van der Waals surface area contributed by atoms with Crippen LogP contribution in [0.4, 0.5) is 11.4 Å². The average Bonchev–Trinajstić information content (AvgIpc) is 2.45. The van der Waals surface area contributed by atoms with Crippen molar-refractivity contribution in [2.24, 2.45) is 0 Å². The quantitative estimate of drug-likeness (QED) is 0.802. The van der Waals surface area contributed by atoms with Crippen LogP contribution in [0.1, 0.15) is 0 Å². The molecule has 0 aliphatic rings. The number of anilines is 2. The van der Waals surface area contributed by atoms with E-state index in [1.54, 1.807) is 42.5 Å². The number of halogens is 3. The fourth-order valence-electron chi connectivity index (χ4n) is 1.51. The third kappa shape index (κ3) is 4.11. The molecule has 0 radical (unpaired) electrons. The van der Waals surface area contributed by atoms with Gasteiger partial charge in [0.05, 0.1) is 15.7 Å². The molecule has 0 aliphatic heterocycles. The molecule has 0 aliphatic carbocycles. The number of amides is 2. The van der Waals surface area contributed by atoms with E-state index in [0.29, 0.717) is 10.7 Å². The molecule has 0 saturated carbocycles. The zero-order chi connectivity index (χ0) is 15.4. The monoisotopic (exact) mass is 342 g/mol. The third-order valence-electron chi connectivity index (χ3n) is 2.51. The van der Waals surface area contributed by atoms with E-state index >= 15 is 0 Å². The summed E-state index contributed by atoms with van der Waals surface area (Å²) >= 11 is 17.6. The van der Waals surface area contributed by atoms with Gasteiger partial charge in [0.25, 0.3) is 0 Å². The van der Waals surface area contributed by atoms with Crippen LogP contribution in [0.5, 0.6) is 0 Å². The Labute approximate surface area is 136 Å². The molecule has 0 heterocycles. The molecule has 0 aromatic heterocycles. The van der Waals surface area contributed by atoms with Crippen LogP contribution in [0, 0.1) is 0 Å². The van der Waals surface area contributed by atoms with Crippen LogP contribution in [0.15, 0.2) is 42.5 Å². The lowest BCUT2D eigenvalue weighted by Gasteiger charge is -2.09. The van der Waals surface area contributed by atoms with Crippen LogP contribution in [-0.2, 0) is 9.59 Å². The summed E-state index contributed by atoms with van der Waals surface area (Å²) in [6.45, 7) is 0. The Morgan fingerprint density at radius 1 is 0.762 bits per heavy atom. The molecule has 2 rings (SSSR count). The topological polar surface area (TPSA) is 58.2 Å². The second kappa shape index (κ2) is 6.80. The third-order valence-corrected chi connectivity index (χ3v) is 3.39. The van der Waals surface area contributed by atoms with E-state index in [4.69, 9.17) is 34.8 Å². The Balaban J connectivity index is 2.06. The van der Waals surface area contributed by atoms with Gasteiger partial charge in [-0.05, 0) is 36.4 Å². The number of rotatable bonds is 2. The molecule has 2 aromatic rings. The van der Waals surface area contributed by atoms with Crippen LogP contribution in [0.25, 0.3) is 0 Å². The molecule has 108 valence electrons. The molecule has 7 heteroatoms. The van der Waals surface area contributed by atoms with Crippen LogP contribution >= 0.6 is 34.8 Å². The lowest BCUT2D eigenvalue weighted by molar-refractivity contribution is -0.132. The Hall–Kier alpha value is -1.75. The minimum absolute atomic E-state index is 0.192. The van der Waals surface area contributed by atoms with Gasteiger partial charge >= 0.3 is 11.8 Å². The fraction of sp³-hybridized carbons (Fsp3) is 0. The van der Waals surface area contributed by atoms with Crippen LogP contribution in [0.2, 0.25) is 15.1 Å². The average molecular weight is 344 g/mol. The van der Waals surface area contributed by atoms with Crippen molar-refractivity contribution < 1.29 is 9.59 Å². The molecule has 21 heavy (non-hydrogen) atoms. The maximum absolute atomic E-state index is 11.8. The summed E-state index contributed by atoms with van der Waals surface area (Å²) in [7, 11) is 0. The van der Waals surface area contributed by atoms with Crippen LogP contribution in [0.3, 0.4) is 0 Å². The van der Waals surface area contributed by atoms with Crippen molar-refractivity contribution in [1.82, 2.24) is 0 Å². The van der Waals surface area contributed by atoms with Crippen LogP contribution in [-0.4, -0.2) is 11.8 Å². The Bertz CT molecular complexity index is 667. The summed E-state index contributed by atoms with van der Waals surface area (Å²) in [5.41, 5.74) is 0.641. The first kappa shape index (κ1) is 15.6. The van der Waals surface area contributed by atoms with Gasteiger partial charge in [0, 0.05) is 10.7 Å². The summed E-state index contributed by atoms with van der Waals surface area (Å²) in [6, 6.07) is 11.1. The lowest BCUT2D eigenvalue weighted by atomic mass is 10.3. The van der Waals surface area contributed by atoms with Gasteiger partial charge < -0.3 is 10.6 Å². The van der Waals surface area contributed by atoms with E-state index in [2.05, 4.69) is 10.6 Å². The first-order valence-corrected chi connectivity index (χ1v) is 6.92. The molecular formula is C14H9Cl3N2O2. The molecular weight excluding hydrogens is 335 g/mol. The molecule has 0 spiro atoms. The molecule has 4 nitrogen and oxygen atoms in total. The fourth-order valence-corrected chi connectivity index (χ4v) is 2.13. The maximum Gasteiger partial charge on any atom is 0.314 e.